The highest BCUT2D eigenvalue weighted by atomic mass is 16.4. The molecule has 1 aliphatic rings. The summed E-state index contributed by atoms with van der Waals surface area (Å²) in [6.07, 6.45) is 1.95. The van der Waals surface area contributed by atoms with Crippen LogP contribution in [0, 0.1) is 5.92 Å². The Labute approximate surface area is 102 Å². The van der Waals surface area contributed by atoms with E-state index < -0.39 is 11.5 Å². The number of rotatable bonds is 2. The molecule has 1 fully saturated rings. The summed E-state index contributed by atoms with van der Waals surface area (Å²) in [6.45, 7) is 7.86. The van der Waals surface area contributed by atoms with Crippen molar-refractivity contribution < 1.29 is 14.7 Å². The predicted molar refractivity (Wildman–Crippen MR) is 64.8 cm³/mol. The normalized spacial score (nSPS) is 25.5. The molecule has 0 aromatic carbocycles. The van der Waals surface area contributed by atoms with E-state index in [-0.39, 0.29) is 12.1 Å². The lowest BCUT2D eigenvalue weighted by Crippen LogP contribution is -2.57. The summed E-state index contributed by atoms with van der Waals surface area (Å²) in [5.74, 6) is -0.398. The number of hydrogen-bond donors (Lipinski definition) is 2. The zero-order chi connectivity index (χ0) is 13.2. The fraction of sp³-hybridized carbons (Fsp3) is 0.833. The molecule has 2 unspecified atom stereocenters. The van der Waals surface area contributed by atoms with Crippen molar-refractivity contribution in [1.29, 1.82) is 0 Å². The van der Waals surface area contributed by atoms with E-state index in [9.17, 15) is 9.59 Å². The van der Waals surface area contributed by atoms with Crippen LogP contribution in [0.25, 0.3) is 0 Å². The van der Waals surface area contributed by atoms with Crippen LogP contribution in [0.2, 0.25) is 0 Å². The lowest BCUT2D eigenvalue weighted by molar-refractivity contribution is -0.143. The van der Waals surface area contributed by atoms with Crippen LogP contribution in [0.1, 0.15) is 40.5 Å². The second kappa shape index (κ2) is 4.94. The molecular formula is C12H22N2O3. The van der Waals surface area contributed by atoms with Gasteiger partial charge in [-0.15, -0.1) is 0 Å². The number of carboxylic acids is 1. The van der Waals surface area contributed by atoms with Gasteiger partial charge in [0.2, 0.25) is 0 Å². The maximum Gasteiger partial charge on any atom is 0.328 e. The van der Waals surface area contributed by atoms with Crippen LogP contribution < -0.4 is 5.32 Å². The number of nitrogens with zero attached hydrogens (tertiary/aromatic N) is 1. The second-order valence-electron chi connectivity index (χ2n) is 5.53. The number of amides is 2. The first-order chi connectivity index (χ1) is 7.74. The molecule has 98 valence electrons. The number of likely N-dealkylation sites (tertiary alicyclic amines) is 1. The average molecular weight is 242 g/mol. The predicted octanol–water partition coefficient (Wildman–Crippen LogP) is 1.68. The average Bonchev–Trinajstić information content (AvgIpc) is 2.15. The molecule has 0 bridgehead atoms. The number of urea groups is 1. The molecule has 2 N–H and O–H groups in total. The van der Waals surface area contributed by atoms with Crippen molar-refractivity contribution in [2.45, 2.75) is 52.1 Å². The first-order valence-corrected chi connectivity index (χ1v) is 6.06. The Bertz CT molecular complexity index is 315. The van der Waals surface area contributed by atoms with Gasteiger partial charge in [0.05, 0.1) is 0 Å². The molecule has 1 rings (SSSR count). The topological polar surface area (TPSA) is 69.6 Å². The van der Waals surface area contributed by atoms with Gasteiger partial charge in [-0.05, 0) is 39.5 Å². The van der Waals surface area contributed by atoms with E-state index in [1.807, 2.05) is 6.92 Å². The van der Waals surface area contributed by atoms with Gasteiger partial charge >= 0.3 is 12.0 Å². The minimum Gasteiger partial charge on any atom is -0.480 e. The van der Waals surface area contributed by atoms with E-state index in [1.54, 1.807) is 4.90 Å². The molecule has 17 heavy (non-hydrogen) atoms. The first kappa shape index (κ1) is 13.8. The highest BCUT2D eigenvalue weighted by molar-refractivity contribution is 5.85. The molecule has 2 atom stereocenters. The van der Waals surface area contributed by atoms with Crippen LogP contribution in [0.3, 0.4) is 0 Å². The number of piperidine rings is 1. The molecule has 1 saturated heterocycles. The van der Waals surface area contributed by atoms with Crippen LogP contribution in [0.4, 0.5) is 4.79 Å². The maximum absolute atomic E-state index is 12.0. The molecule has 0 saturated carbocycles. The summed E-state index contributed by atoms with van der Waals surface area (Å²) >= 11 is 0. The monoisotopic (exact) mass is 242 g/mol. The zero-order valence-corrected chi connectivity index (χ0v) is 11.0. The number of carbonyl (C=O) groups excluding carboxylic acids is 1. The van der Waals surface area contributed by atoms with E-state index in [2.05, 4.69) is 12.2 Å². The van der Waals surface area contributed by atoms with Crippen LogP contribution >= 0.6 is 0 Å². The Kier molecular flexibility index (Phi) is 4.01. The number of carbonyl (C=O) groups is 2. The van der Waals surface area contributed by atoms with Gasteiger partial charge in [-0.2, -0.15) is 0 Å². The van der Waals surface area contributed by atoms with E-state index in [4.69, 9.17) is 5.11 Å². The lowest BCUT2D eigenvalue weighted by atomic mass is 9.93. The van der Waals surface area contributed by atoms with Crippen molar-refractivity contribution >= 4 is 12.0 Å². The Morgan fingerprint density at radius 1 is 1.35 bits per heavy atom. The summed E-state index contributed by atoms with van der Waals surface area (Å²) in [7, 11) is 0. The highest BCUT2D eigenvalue weighted by Gasteiger charge is 2.33. The minimum absolute atomic E-state index is 0.170. The minimum atomic E-state index is -1.22. The SMILES string of the molecule is CC1CCN(C(=O)NC(C)(C)C(=O)O)C(C)C1. The van der Waals surface area contributed by atoms with Crippen LogP contribution in [-0.4, -0.2) is 40.1 Å². The van der Waals surface area contributed by atoms with E-state index >= 15 is 0 Å². The smallest absolute Gasteiger partial charge is 0.328 e. The molecule has 0 spiro atoms. The molecule has 1 heterocycles. The van der Waals surface area contributed by atoms with E-state index in [0.717, 1.165) is 12.8 Å². The third-order valence-electron chi connectivity index (χ3n) is 3.35. The Morgan fingerprint density at radius 3 is 2.41 bits per heavy atom. The Balaban J connectivity index is 2.62. The molecule has 0 aromatic heterocycles. The van der Waals surface area contributed by atoms with Crippen molar-refractivity contribution in [1.82, 2.24) is 10.2 Å². The van der Waals surface area contributed by atoms with Crippen molar-refractivity contribution in [3.8, 4) is 0 Å². The summed E-state index contributed by atoms with van der Waals surface area (Å²) in [6, 6.07) is -0.111. The van der Waals surface area contributed by atoms with Gasteiger partial charge in [-0.3, -0.25) is 0 Å². The quantitative estimate of drug-likeness (QED) is 0.774. The molecule has 0 radical (unpaired) electrons. The van der Waals surface area contributed by atoms with Gasteiger partial charge in [-0.25, -0.2) is 9.59 Å². The Morgan fingerprint density at radius 2 is 1.94 bits per heavy atom. The third kappa shape index (κ3) is 3.35. The molecule has 1 aliphatic heterocycles. The summed E-state index contributed by atoms with van der Waals surface area (Å²) < 4.78 is 0. The van der Waals surface area contributed by atoms with Gasteiger partial charge in [0.1, 0.15) is 5.54 Å². The summed E-state index contributed by atoms with van der Waals surface area (Å²) in [5, 5.41) is 11.5. The van der Waals surface area contributed by atoms with E-state index in [1.165, 1.54) is 13.8 Å². The second-order valence-corrected chi connectivity index (χ2v) is 5.53. The van der Waals surface area contributed by atoms with Gasteiger partial charge in [0.25, 0.3) is 0 Å². The number of aliphatic carboxylic acids is 1. The fourth-order valence-corrected chi connectivity index (χ4v) is 2.10. The number of nitrogens with one attached hydrogen (secondary N) is 1. The van der Waals surface area contributed by atoms with Gasteiger partial charge < -0.3 is 15.3 Å². The number of carboxylic acid groups (broad SMARTS) is 1. The first-order valence-electron chi connectivity index (χ1n) is 6.06. The number of hydrogen-bond acceptors (Lipinski definition) is 2. The third-order valence-corrected chi connectivity index (χ3v) is 3.35. The lowest BCUT2D eigenvalue weighted by Gasteiger charge is -2.38. The van der Waals surface area contributed by atoms with Crippen molar-refractivity contribution in [2.24, 2.45) is 5.92 Å². The van der Waals surface area contributed by atoms with Crippen molar-refractivity contribution in [3.05, 3.63) is 0 Å². The molecule has 2 amide bonds. The van der Waals surface area contributed by atoms with E-state index in [0.29, 0.717) is 12.5 Å². The van der Waals surface area contributed by atoms with Crippen LogP contribution in [-0.2, 0) is 4.79 Å². The molecule has 0 aliphatic carbocycles. The Hall–Kier alpha value is -1.26. The fourth-order valence-electron chi connectivity index (χ4n) is 2.10. The van der Waals surface area contributed by atoms with Gasteiger partial charge in [0.15, 0.2) is 0 Å². The summed E-state index contributed by atoms with van der Waals surface area (Å²) in [5.41, 5.74) is -1.22. The molecular weight excluding hydrogens is 220 g/mol. The van der Waals surface area contributed by atoms with Gasteiger partial charge in [-0.1, -0.05) is 6.92 Å². The van der Waals surface area contributed by atoms with Gasteiger partial charge in [0, 0.05) is 12.6 Å². The van der Waals surface area contributed by atoms with Crippen LogP contribution in [0.5, 0.6) is 0 Å². The zero-order valence-electron chi connectivity index (χ0n) is 11.0. The highest BCUT2D eigenvalue weighted by Crippen LogP contribution is 2.22. The van der Waals surface area contributed by atoms with Crippen molar-refractivity contribution in [3.63, 3.8) is 0 Å². The largest absolute Gasteiger partial charge is 0.480 e. The van der Waals surface area contributed by atoms with Crippen LogP contribution in [0.15, 0.2) is 0 Å². The summed E-state index contributed by atoms with van der Waals surface area (Å²) in [4.78, 5) is 24.7. The van der Waals surface area contributed by atoms with Crippen molar-refractivity contribution in [2.75, 3.05) is 6.54 Å². The standard InChI is InChI=1S/C12H22N2O3/c1-8-5-6-14(9(2)7-8)11(17)13-12(3,4)10(15)16/h8-9H,5-7H2,1-4H3,(H,13,17)(H,15,16). The molecule has 5 nitrogen and oxygen atoms in total. The molecule has 5 heteroatoms. The molecule has 0 aromatic rings. The maximum atomic E-state index is 12.0.